The van der Waals surface area contributed by atoms with Crippen LogP contribution in [0.2, 0.25) is 5.02 Å². The minimum absolute atomic E-state index is 0.00223. The van der Waals surface area contributed by atoms with Crippen molar-refractivity contribution in [2.75, 3.05) is 0 Å². The zero-order valence-electron chi connectivity index (χ0n) is 15.7. The van der Waals surface area contributed by atoms with Gasteiger partial charge in [-0.1, -0.05) is 60.1 Å². The monoisotopic (exact) mass is 494 g/mol. The molecule has 3 aromatic carbocycles. The molecule has 3 nitrogen and oxygen atoms in total. The minimum atomic E-state index is -6.00. The molecule has 0 fully saturated rings. The van der Waals surface area contributed by atoms with E-state index in [4.69, 9.17) is 11.6 Å². The van der Waals surface area contributed by atoms with Crippen LogP contribution in [0.1, 0.15) is 5.56 Å². The van der Waals surface area contributed by atoms with Crippen LogP contribution >= 0.6 is 11.6 Å². The first kappa shape index (κ1) is 24.1. The maximum Gasteiger partial charge on any atom is 0.430 e. The van der Waals surface area contributed by atoms with Crippen LogP contribution in [0.3, 0.4) is 0 Å². The lowest BCUT2D eigenvalue weighted by atomic mass is 9.90. The third-order valence-electron chi connectivity index (χ3n) is 4.73. The molecule has 32 heavy (non-hydrogen) atoms. The molecule has 0 bridgehead atoms. The molecule has 0 aliphatic heterocycles. The molecule has 3 aromatic rings. The number of alkyl halides is 6. The Kier molecular flexibility index (Phi) is 6.09. The average Bonchev–Trinajstić information content (AvgIpc) is 2.72. The number of hydrogen-bond donors (Lipinski definition) is 1. The van der Waals surface area contributed by atoms with Crippen molar-refractivity contribution in [3.63, 3.8) is 0 Å². The molecule has 1 N–H and O–H groups in total. The van der Waals surface area contributed by atoms with Gasteiger partial charge in [0.25, 0.3) is 5.60 Å². The van der Waals surface area contributed by atoms with Gasteiger partial charge in [0, 0.05) is 5.56 Å². The van der Waals surface area contributed by atoms with E-state index in [1.165, 1.54) is 42.5 Å². The van der Waals surface area contributed by atoms with Gasteiger partial charge in [0.15, 0.2) is 0 Å². The van der Waals surface area contributed by atoms with Crippen LogP contribution in [0, 0.1) is 0 Å². The van der Waals surface area contributed by atoms with E-state index in [9.17, 15) is 39.9 Å². The van der Waals surface area contributed by atoms with E-state index in [0.29, 0.717) is 12.1 Å². The topological polar surface area (TPSA) is 54.4 Å². The summed E-state index contributed by atoms with van der Waals surface area (Å²) in [6, 6.07) is 14.0. The Balaban J connectivity index is 2.00. The second kappa shape index (κ2) is 8.09. The van der Waals surface area contributed by atoms with E-state index < -0.39 is 33.4 Å². The third-order valence-corrected chi connectivity index (χ3v) is 6.98. The zero-order chi connectivity index (χ0) is 23.9. The Hall–Kier alpha value is -2.56. The zero-order valence-corrected chi connectivity index (χ0v) is 17.3. The Morgan fingerprint density at radius 2 is 1.22 bits per heavy atom. The van der Waals surface area contributed by atoms with Gasteiger partial charge in [-0.15, -0.1) is 0 Å². The standard InChI is InChI=1S/C21H13ClF6O3S/c22-17-12-14(8-11-18(17)32(30,31)16-4-2-1-3-5-16)13-6-9-15(10-7-13)19(29,20(23,24)25)21(26,27)28/h1-12,29H. The van der Waals surface area contributed by atoms with Gasteiger partial charge >= 0.3 is 12.4 Å². The summed E-state index contributed by atoms with van der Waals surface area (Å²) in [5.41, 5.74) is -6.04. The maximum absolute atomic E-state index is 13.0. The summed E-state index contributed by atoms with van der Waals surface area (Å²) in [4.78, 5) is -0.216. The Labute approximate surface area is 183 Å². The van der Waals surface area contributed by atoms with Gasteiger partial charge in [-0.25, -0.2) is 8.42 Å². The highest BCUT2D eigenvalue weighted by Crippen LogP contribution is 2.50. The van der Waals surface area contributed by atoms with Crippen LogP contribution in [0.25, 0.3) is 11.1 Å². The lowest BCUT2D eigenvalue weighted by Crippen LogP contribution is -2.53. The van der Waals surface area contributed by atoms with E-state index in [2.05, 4.69) is 0 Å². The van der Waals surface area contributed by atoms with Gasteiger partial charge in [0.05, 0.1) is 14.8 Å². The second-order valence-electron chi connectivity index (χ2n) is 6.74. The number of benzene rings is 3. The average molecular weight is 495 g/mol. The number of aliphatic hydroxyl groups is 1. The first-order valence-corrected chi connectivity index (χ1v) is 10.6. The predicted molar refractivity (Wildman–Crippen MR) is 105 cm³/mol. The van der Waals surface area contributed by atoms with Crippen molar-refractivity contribution in [2.24, 2.45) is 0 Å². The molecule has 0 amide bonds. The molecular weight excluding hydrogens is 482 g/mol. The van der Waals surface area contributed by atoms with E-state index in [1.807, 2.05) is 0 Å². The first-order valence-electron chi connectivity index (χ1n) is 8.76. The van der Waals surface area contributed by atoms with Crippen LogP contribution in [0.5, 0.6) is 0 Å². The van der Waals surface area contributed by atoms with Gasteiger partial charge in [0.2, 0.25) is 9.84 Å². The van der Waals surface area contributed by atoms with Crippen molar-refractivity contribution < 1.29 is 39.9 Å². The highest BCUT2D eigenvalue weighted by Gasteiger charge is 2.71. The fourth-order valence-electron chi connectivity index (χ4n) is 3.02. The molecule has 0 heterocycles. The molecule has 0 atom stereocenters. The van der Waals surface area contributed by atoms with E-state index >= 15 is 0 Å². The highest BCUT2D eigenvalue weighted by molar-refractivity contribution is 7.91. The third kappa shape index (κ3) is 4.10. The van der Waals surface area contributed by atoms with Gasteiger partial charge in [-0.2, -0.15) is 26.3 Å². The van der Waals surface area contributed by atoms with Gasteiger partial charge in [-0.3, -0.25) is 0 Å². The number of sulfone groups is 1. The Morgan fingerprint density at radius 3 is 1.69 bits per heavy atom. The number of hydrogen-bond acceptors (Lipinski definition) is 3. The number of halogens is 7. The molecule has 0 saturated carbocycles. The van der Waals surface area contributed by atoms with E-state index in [1.54, 1.807) is 6.07 Å². The van der Waals surface area contributed by atoms with Gasteiger partial charge in [0.1, 0.15) is 0 Å². The largest absolute Gasteiger partial charge is 0.430 e. The normalized spacial score (nSPS) is 13.2. The molecule has 0 saturated heterocycles. The highest BCUT2D eigenvalue weighted by atomic mass is 35.5. The molecule has 0 radical (unpaired) electrons. The quantitative estimate of drug-likeness (QED) is 0.442. The molecule has 0 spiro atoms. The second-order valence-corrected chi connectivity index (χ2v) is 9.07. The lowest BCUT2D eigenvalue weighted by molar-refractivity contribution is -0.376. The Bertz CT molecular complexity index is 1210. The Morgan fingerprint density at radius 1 is 0.719 bits per heavy atom. The fourth-order valence-corrected chi connectivity index (χ4v) is 4.83. The minimum Gasteiger partial charge on any atom is -0.369 e. The number of rotatable bonds is 4. The maximum atomic E-state index is 13.0. The summed E-state index contributed by atoms with van der Waals surface area (Å²) in [7, 11) is -3.94. The van der Waals surface area contributed by atoms with E-state index in [-0.39, 0.29) is 25.9 Å². The molecule has 0 unspecified atom stereocenters. The molecule has 170 valence electrons. The van der Waals surface area contributed by atoms with Crippen LogP contribution in [0.15, 0.2) is 82.6 Å². The summed E-state index contributed by atoms with van der Waals surface area (Å²) >= 11 is 6.12. The van der Waals surface area contributed by atoms with Crippen molar-refractivity contribution in [3.05, 3.63) is 83.4 Å². The smallest absolute Gasteiger partial charge is 0.369 e. The molecular formula is C21H13ClF6O3S. The summed E-state index contributed by atoms with van der Waals surface area (Å²) in [5, 5.41) is 9.27. The molecule has 3 rings (SSSR count). The predicted octanol–water partition coefficient (Wildman–Crippen LogP) is 6.15. The lowest BCUT2D eigenvalue weighted by Gasteiger charge is -2.32. The molecule has 11 heteroatoms. The summed E-state index contributed by atoms with van der Waals surface area (Å²) < 4.78 is 104. The SMILES string of the molecule is O=S(=O)(c1ccccc1)c1ccc(-c2ccc(C(O)(C(F)(F)F)C(F)(F)F)cc2)cc1Cl. The van der Waals surface area contributed by atoms with Crippen molar-refractivity contribution in [2.45, 2.75) is 27.7 Å². The van der Waals surface area contributed by atoms with Crippen LogP contribution < -0.4 is 0 Å². The molecule has 0 aliphatic carbocycles. The van der Waals surface area contributed by atoms with Gasteiger partial charge < -0.3 is 5.11 Å². The van der Waals surface area contributed by atoms with Crippen molar-refractivity contribution in [3.8, 4) is 11.1 Å². The molecule has 0 aliphatic rings. The summed E-state index contributed by atoms with van der Waals surface area (Å²) in [5.74, 6) is 0. The molecule has 0 aromatic heterocycles. The van der Waals surface area contributed by atoms with E-state index in [0.717, 1.165) is 12.1 Å². The van der Waals surface area contributed by atoms with Crippen LogP contribution in [-0.2, 0) is 15.4 Å². The summed E-state index contributed by atoms with van der Waals surface area (Å²) in [6.45, 7) is 0. The van der Waals surface area contributed by atoms with Crippen molar-refractivity contribution >= 4 is 21.4 Å². The van der Waals surface area contributed by atoms with Gasteiger partial charge in [-0.05, 0) is 35.4 Å². The van der Waals surface area contributed by atoms with Crippen molar-refractivity contribution in [1.82, 2.24) is 0 Å². The van der Waals surface area contributed by atoms with Crippen LogP contribution in [0.4, 0.5) is 26.3 Å². The summed E-state index contributed by atoms with van der Waals surface area (Å²) in [6.07, 6.45) is -12.0. The first-order chi connectivity index (χ1) is 14.7. The van der Waals surface area contributed by atoms with Crippen molar-refractivity contribution in [1.29, 1.82) is 0 Å². The fraction of sp³-hybridized carbons (Fsp3) is 0.143. The van der Waals surface area contributed by atoms with Crippen LogP contribution in [-0.4, -0.2) is 25.9 Å².